The van der Waals surface area contributed by atoms with Gasteiger partial charge in [-0.25, -0.2) is 0 Å². The van der Waals surface area contributed by atoms with Crippen molar-refractivity contribution in [2.24, 2.45) is 15.9 Å². The van der Waals surface area contributed by atoms with Gasteiger partial charge in [-0.05, 0) is 55.7 Å². The van der Waals surface area contributed by atoms with Crippen molar-refractivity contribution in [1.82, 2.24) is 10.2 Å². The van der Waals surface area contributed by atoms with E-state index in [1.807, 2.05) is 0 Å². The third kappa shape index (κ3) is 15.8. The summed E-state index contributed by atoms with van der Waals surface area (Å²) in [5, 5.41) is 19.8. The standard InChI is InChI=1S/C27H40N6O7S/c28-32-23(3-1-2-10-30-27(41)31-22-4-6-24(34)7-5-22)21-29-11-13-37-15-17-39-19-20-40-18-16-38-14-12-33-25(35)8-9-26(33)36/h4-9,21,34H,1-3,10-20,28H2,(H2,30,31,41). The lowest BCUT2D eigenvalue weighted by atomic mass is 10.2. The number of hydrazone groups is 1. The van der Waals surface area contributed by atoms with Crippen molar-refractivity contribution in [3.05, 3.63) is 36.4 Å². The first kappa shape index (κ1) is 33.8. The summed E-state index contributed by atoms with van der Waals surface area (Å²) in [4.78, 5) is 28.2. The lowest BCUT2D eigenvalue weighted by Crippen LogP contribution is -2.33. The van der Waals surface area contributed by atoms with Crippen LogP contribution in [0.15, 0.2) is 46.5 Å². The number of thiocarbonyl (C=S) groups is 1. The number of nitrogens with two attached hydrogens (primary N) is 1. The molecule has 41 heavy (non-hydrogen) atoms. The number of nitrogens with one attached hydrogen (secondary N) is 2. The van der Waals surface area contributed by atoms with Crippen molar-refractivity contribution in [3.8, 4) is 5.75 Å². The number of carbonyl (C=O) groups excluding carboxylic acids is 2. The number of amides is 2. The second-order valence-electron chi connectivity index (χ2n) is 8.65. The van der Waals surface area contributed by atoms with Crippen LogP contribution in [0.25, 0.3) is 0 Å². The summed E-state index contributed by atoms with van der Waals surface area (Å²) in [7, 11) is 0. The number of aromatic hydroxyl groups is 1. The van der Waals surface area contributed by atoms with Crippen LogP contribution in [-0.2, 0) is 28.5 Å². The molecular weight excluding hydrogens is 552 g/mol. The summed E-state index contributed by atoms with van der Waals surface area (Å²) in [5.41, 5.74) is 1.52. The predicted molar refractivity (Wildman–Crippen MR) is 160 cm³/mol. The Labute approximate surface area is 245 Å². The second kappa shape index (κ2) is 21.3. The molecule has 5 N–H and O–H groups in total. The first-order chi connectivity index (χ1) is 20.0. The molecule has 1 aromatic rings. The molecule has 2 amide bonds. The maximum atomic E-state index is 11.4. The number of anilines is 1. The molecule has 0 bridgehead atoms. The Morgan fingerprint density at radius 3 is 2.10 bits per heavy atom. The predicted octanol–water partition coefficient (Wildman–Crippen LogP) is 1.23. The van der Waals surface area contributed by atoms with Gasteiger partial charge < -0.3 is 40.5 Å². The highest BCUT2D eigenvalue weighted by molar-refractivity contribution is 7.80. The van der Waals surface area contributed by atoms with Gasteiger partial charge in [-0.15, -0.1) is 0 Å². The summed E-state index contributed by atoms with van der Waals surface area (Å²) < 4.78 is 21.7. The summed E-state index contributed by atoms with van der Waals surface area (Å²) >= 11 is 5.26. The smallest absolute Gasteiger partial charge is 0.253 e. The van der Waals surface area contributed by atoms with E-state index in [-0.39, 0.29) is 30.7 Å². The van der Waals surface area contributed by atoms with Crippen LogP contribution in [0, 0.1) is 0 Å². The van der Waals surface area contributed by atoms with E-state index in [0.29, 0.717) is 70.9 Å². The molecule has 1 aromatic carbocycles. The molecule has 0 radical (unpaired) electrons. The zero-order chi connectivity index (χ0) is 29.5. The molecule has 0 saturated heterocycles. The second-order valence-corrected chi connectivity index (χ2v) is 9.06. The van der Waals surface area contributed by atoms with Gasteiger partial charge in [0.25, 0.3) is 11.8 Å². The molecule has 0 atom stereocenters. The van der Waals surface area contributed by atoms with E-state index in [0.717, 1.165) is 29.1 Å². The summed E-state index contributed by atoms with van der Waals surface area (Å²) in [5.74, 6) is 5.05. The molecule has 0 saturated carbocycles. The third-order valence-electron chi connectivity index (χ3n) is 5.52. The number of hydrogen-bond donors (Lipinski definition) is 4. The van der Waals surface area contributed by atoms with E-state index in [2.05, 4.69) is 20.7 Å². The Morgan fingerprint density at radius 1 is 0.902 bits per heavy atom. The summed E-state index contributed by atoms with van der Waals surface area (Å²) in [6.07, 6.45) is 6.65. The Morgan fingerprint density at radius 2 is 1.49 bits per heavy atom. The molecule has 0 unspecified atom stereocenters. The maximum Gasteiger partial charge on any atom is 0.253 e. The lowest BCUT2D eigenvalue weighted by Gasteiger charge is -2.13. The van der Waals surface area contributed by atoms with Crippen molar-refractivity contribution in [2.75, 3.05) is 77.8 Å². The number of aliphatic imine (C=N–C) groups is 1. The average Bonchev–Trinajstić information content (AvgIpc) is 3.29. The van der Waals surface area contributed by atoms with Gasteiger partial charge in [-0.1, -0.05) is 0 Å². The van der Waals surface area contributed by atoms with Crippen LogP contribution < -0.4 is 16.5 Å². The number of nitrogens with zero attached hydrogens (tertiary/aromatic N) is 3. The van der Waals surface area contributed by atoms with Gasteiger partial charge in [0.15, 0.2) is 5.11 Å². The van der Waals surface area contributed by atoms with E-state index >= 15 is 0 Å². The Kier molecular flexibility index (Phi) is 17.6. The number of phenolic OH excluding ortho intramolecular Hbond substituents is 1. The lowest BCUT2D eigenvalue weighted by molar-refractivity contribution is -0.137. The van der Waals surface area contributed by atoms with Crippen LogP contribution in [0.4, 0.5) is 5.69 Å². The van der Waals surface area contributed by atoms with Crippen LogP contribution in [-0.4, -0.2) is 111 Å². The monoisotopic (exact) mass is 592 g/mol. The first-order valence-corrected chi connectivity index (χ1v) is 13.9. The fraction of sp³-hybridized carbons (Fsp3) is 0.519. The molecule has 0 aromatic heterocycles. The maximum absolute atomic E-state index is 11.4. The van der Waals surface area contributed by atoms with Gasteiger partial charge >= 0.3 is 0 Å². The van der Waals surface area contributed by atoms with Crippen LogP contribution >= 0.6 is 12.2 Å². The average molecular weight is 593 g/mol. The first-order valence-electron chi connectivity index (χ1n) is 13.4. The number of benzene rings is 1. The van der Waals surface area contributed by atoms with Gasteiger partial charge in [0.2, 0.25) is 0 Å². The minimum Gasteiger partial charge on any atom is -0.508 e. The van der Waals surface area contributed by atoms with Gasteiger partial charge in [0.1, 0.15) is 5.75 Å². The van der Waals surface area contributed by atoms with Gasteiger partial charge in [0.05, 0.1) is 71.7 Å². The van der Waals surface area contributed by atoms with E-state index < -0.39 is 0 Å². The number of hydrogen-bond acceptors (Lipinski definition) is 11. The molecule has 0 aliphatic carbocycles. The molecule has 226 valence electrons. The van der Waals surface area contributed by atoms with Crippen molar-refractivity contribution in [2.45, 2.75) is 19.3 Å². The molecule has 0 fully saturated rings. The molecule has 1 aliphatic rings. The molecule has 14 heteroatoms. The van der Waals surface area contributed by atoms with Gasteiger partial charge in [-0.3, -0.25) is 19.5 Å². The fourth-order valence-electron chi connectivity index (χ4n) is 3.37. The van der Waals surface area contributed by atoms with E-state index in [4.69, 9.17) is 37.0 Å². The summed E-state index contributed by atoms with van der Waals surface area (Å²) in [6, 6.07) is 6.68. The highest BCUT2D eigenvalue weighted by atomic mass is 32.1. The highest BCUT2D eigenvalue weighted by Gasteiger charge is 2.22. The van der Waals surface area contributed by atoms with E-state index in [1.54, 1.807) is 30.5 Å². The molecule has 1 heterocycles. The van der Waals surface area contributed by atoms with Crippen LogP contribution in [0.1, 0.15) is 19.3 Å². The zero-order valence-electron chi connectivity index (χ0n) is 23.2. The van der Waals surface area contributed by atoms with E-state index in [1.165, 1.54) is 12.2 Å². The third-order valence-corrected chi connectivity index (χ3v) is 5.76. The van der Waals surface area contributed by atoms with Crippen LogP contribution in [0.5, 0.6) is 5.75 Å². The Hall–Kier alpha value is -3.43. The number of carbonyl (C=O) groups is 2. The van der Waals surface area contributed by atoms with Crippen LogP contribution in [0.2, 0.25) is 0 Å². The number of rotatable bonds is 22. The highest BCUT2D eigenvalue weighted by Crippen LogP contribution is 2.13. The normalized spacial score (nSPS) is 13.5. The van der Waals surface area contributed by atoms with Gasteiger partial charge in [-0.2, -0.15) is 5.10 Å². The molecule has 1 aliphatic heterocycles. The fourth-order valence-corrected chi connectivity index (χ4v) is 3.59. The molecule has 0 spiro atoms. The minimum atomic E-state index is -0.311. The number of ether oxygens (including phenoxy) is 4. The van der Waals surface area contributed by atoms with Crippen LogP contribution in [0.3, 0.4) is 0 Å². The van der Waals surface area contributed by atoms with Crippen molar-refractivity contribution in [3.63, 3.8) is 0 Å². The number of imide groups is 1. The Bertz CT molecular complexity index is 1000. The van der Waals surface area contributed by atoms with Gasteiger partial charge in [0, 0.05) is 30.6 Å². The molecule has 2 rings (SSSR count). The van der Waals surface area contributed by atoms with Crippen molar-refractivity contribution < 1.29 is 33.6 Å². The number of unbranched alkanes of at least 4 members (excludes halogenated alkanes) is 1. The van der Waals surface area contributed by atoms with Crippen molar-refractivity contribution in [1.29, 1.82) is 0 Å². The minimum absolute atomic E-state index is 0.205. The zero-order valence-corrected chi connectivity index (χ0v) is 24.0. The summed E-state index contributed by atoms with van der Waals surface area (Å²) in [6.45, 7) is 4.73. The number of phenols is 1. The topological polar surface area (TPSA) is 169 Å². The molecule has 13 nitrogen and oxygen atoms in total. The quantitative estimate of drug-likeness (QED) is 0.0290. The van der Waals surface area contributed by atoms with Crippen molar-refractivity contribution >= 4 is 46.8 Å². The Balaban J connectivity index is 1.33. The van der Waals surface area contributed by atoms with E-state index in [9.17, 15) is 14.7 Å². The SMILES string of the molecule is NN=C(C=NCCOCCOCCOCCOCCN1C(=O)C=CC1=O)CCCCNC(=S)Nc1ccc(O)cc1. The molecular formula is C27H40N6O7S. The largest absolute Gasteiger partial charge is 0.508 e.